The summed E-state index contributed by atoms with van der Waals surface area (Å²) in [6, 6.07) is 6.86. The number of anilines is 1. The van der Waals surface area contributed by atoms with Crippen molar-refractivity contribution >= 4 is 29.1 Å². The number of hydrogen-bond acceptors (Lipinski definition) is 3. The molecule has 1 N–H and O–H groups in total. The Morgan fingerprint density at radius 3 is 3.00 bits per heavy atom. The first kappa shape index (κ1) is 14.0. The fraction of sp³-hybridized carbons (Fsp3) is 0.571. The average Bonchev–Trinajstić information content (AvgIpc) is 2.90. The molecule has 1 saturated heterocycles. The maximum atomic E-state index is 6.15. The molecule has 0 bridgehead atoms. The average molecular weight is 285 g/mol. The third kappa shape index (κ3) is 3.34. The first-order chi connectivity index (χ1) is 8.72. The van der Waals surface area contributed by atoms with Gasteiger partial charge in [-0.25, -0.2) is 0 Å². The van der Waals surface area contributed by atoms with Crippen LogP contribution in [-0.2, 0) is 6.54 Å². The molecule has 0 saturated carbocycles. The molecule has 0 radical (unpaired) electrons. The lowest BCUT2D eigenvalue weighted by Gasteiger charge is -2.28. The third-order valence-corrected chi connectivity index (χ3v) is 4.83. The normalized spacial score (nSPS) is 19.2. The van der Waals surface area contributed by atoms with Gasteiger partial charge in [0, 0.05) is 36.1 Å². The van der Waals surface area contributed by atoms with Crippen molar-refractivity contribution in [3.8, 4) is 0 Å². The minimum absolute atomic E-state index is 0.647. The summed E-state index contributed by atoms with van der Waals surface area (Å²) >= 11 is 8.19. The zero-order valence-electron chi connectivity index (χ0n) is 11.1. The van der Waals surface area contributed by atoms with E-state index < -0.39 is 0 Å². The molecule has 1 aliphatic heterocycles. The zero-order chi connectivity index (χ0) is 13.0. The molecule has 1 fully saturated rings. The van der Waals surface area contributed by atoms with Crippen molar-refractivity contribution in [2.45, 2.75) is 25.9 Å². The van der Waals surface area contributed by atoms with Gasteiger partial charge >= 0.3 is 0 Å². The Morgan fingerprint density at radius 2 is 2.33 bits per heavy atom. The van der Waals surface area contributed by atoms with Crippen LogP contribution in [0.1, 0.15) is 18.9 Å². The molecule has 1 atom stereocenters. The van der Waals surface area contributed by atoms with E-state index in [1.54, 1.807) is 0 Å². The second-order valence-corrected chi connectivity index (χ2v) is 6.27. The van der Waals surface area contributed by atoms with E-state index in [9.17, 15) is 0 Å². The molecule has 1 aliphatic rings. The van der Waals surface area contributed by atoms with Crippen LogP contribution in [0.4, 0.5) is 5.69 Å². The topological polar surface area (TPSA) is 15.3 Å². The van der Waals surface area contributed by atoms with Crippen LogP contribution < -0.4 is 10.2 Å². The van der Waals surface area contributed by atoms with Crippen LogP contribution in [-0.4, -0.2) is 31.1 Å². The van der Waals surface area contributed by atoms with Gasteiger partial charge in [0.15, 0.2) is 0 Å². The van der Waals surface area contributed by atoms with Gasteiger partial charge in [-0.3, -0.25) is 0 Å². The molecule has 4 heteroatoms. The Morgan fingerprint density at radius 1 is 1.50 bits per heavy atom. The van der Waals surface area contributed by atoms with E-state index in [0.717, 1.165) is 18.1 Å². The maximum absolute atomic E-state index is 6.15. The fourth-order valence-corrected chi connectivity index (χ4v) is 3.73. The summed E-state index contributed by atoms with van der Waals surface area (Å²) in [7, 11) is 2.19. The van der Waals surface area contributed by atoms with Gasteiger partial charge in [0.25, 0.3) is 0 Å². The Kier molecular flexibility index (Phi) is 5.22. The van der Waals surface area contributed by atoms with Gasteiger partial charge in [0.1, 0.15) is 0 Å². The van der Waals surface area contributed by atoms with Gasteiger partial charge in [0.2, 0.25) is 0 Å². The molecule has 1 aromatic rings. The van der Waals surface area contributed by atoms with Crippen LogP contribution in [0.25, 0.3) is 0 Å². The minimum atomic E-state index is 0.647. The summed E-state index contributed by atoms with van der Waals surface area (Å²) in [5.74, 6) is 2.50. The third-order valence-electron chi connectivity index (χ3n) is 3.45. The van der Waals surface area contributed by atoms with E-state index in [1.807, 2.05) is 17.8 Å². The molecule has 0 aromatic heterocycles. The number of halogens is 1. The van der Waals surface area contributed by atoms with Gasteiger partial charge in [0.05, 0.1) is 0 Å². The molecule has 2 nitrogen and oxygen atoms in total. The number of hydrogen-bond donors (Lipinski definition) is 1. The van der Waals surface area contributed by atoms with Crippen molar-refractivity contribution in [1.82, 2.24) is 5.32 Å². The van der Waals surface area contributed by atoms with Crippen LogP contribution in [0.2, 0.25) is 5.02 Å². The number of thioether (sulfide) groups is 1. The summed E-state index contributed by atoms with van der Waals surface area (Å²) < 4.78 is 0. The van der Waals surface area contributed by atoms with E-state index >= 15 is 0 Å². The number of benzene rings is 1. The molecule has 100 valence electrons. The largest absolute Gasteiger partial charge is 0.370 e. The quantitative estimate of drug-likeness (QED) is 0.892. The lowest BCUT2D eigenvalue weighted by atomic mass is 10.1. The predicted octanol–water partition coefficient (Wildman–Crippen LogP) is 3.39. The van der Waals surface area contributed by atoms with Crippen LogP contribution in [0.15, 0.2) is 18.2 Å². The van der Waals surface area contributed by atoms with E-state index in [-0.39, 0.29) is 0 Å². The van der Waals surface area contributed by atoms with Crippen molar-refractivity contribution in [1.29, 1.82) is 0 Å². The molecule has 1 aromatic carbocycles. The lowest BCUT2D eigenvalue weighted by Crippen LogP contribution is -2.32. The van der Waals surface area contributed by atoms with Crippen LogP contribution in [0, 0.1) is 0 Å². The van der Waals surface area contributed by atoms with Gasteiger partial charge < -0.3 is 10.2 Å². The zero-order valence-corrected chi connectivity index (χ0v) is 12.7. The Hall–Kier alpha value is -0.380. The second-order valence-electron chi connectivity index (χ2n) is 4.68. The molecule has 2 rings (SSSR count). The maximum Gasteiger partial charge on any atom is 0.0426 e. The Labute approximate surface area is 119 Å². The van der Waals surface area contributed by atoms with Gasteiger partial charge in [-0.05, 0) is 36.4 Å². The SMILES string of the molecule is CCNCc1ccc(Cl)cc1N(C)C1CCSC1. The van der Waals surface area contributed by atoms with Crippen molar-refractivity contribution in [3.05, 3.63) is 28.8 Å². The standard InChI is InChI=1S/C14H21ClN2S/c1-3-16-9-11-4-5-12(15)8-14(11)17(2)13-6-7-18-10-13/h4-5,8,13,16H,3,6-7,9-10H2,1-2H3. The van der Waals surface area contributed by atoms with Crippen LogP contribution >= 0.6 is 23.4 Å². The number of nitrogens with one attached hydrogen (secondary N) is 1. The monoisotopic (exact) mass is 284 g/mol. The molecule has 0 spiro atoms. The van der Waals surface area contributed by atoms with Crippen molar-refractivity contribution in [2.75, 3.05) is 30.0 Å². The molecule has 1 unspecified atom stereocenters. The summed E-state index contributed by atoms with van der Waals surface area (Å²) in [4.78, 5) is 2.40. The molecule has 18 heavy (non-hydrogen) atoms. The predicted molar refractivity (Wildman–Crippen MR) is 83.0 cm³/mol. The first-order valence-electron chi connectivity index (χ1n) is 6.52. The summed E-state index contributed by atoms with van der Waals surface area (Å²) in [5.41, 5.74) is 2.61. The first-order valence-corrected chi connectivity index (χ1v) is 8.05. The molecule has 1 heterocycles. The van der Waals surface area contributed by atoms with Crippen LogP contribution in [0.3, 0.4) is 0 Å². The van der Waals surface area contributed by atoms with Gasteiger partial charge in [-0.1, -0.05) is 24.6 Å². The Bertz CT molecular complexity index is 391. The van der Waals surface area contributed by atoms with Gasteiger partial charge in [-0.2, -0.15) is 11.8 Å². The van der Waals surface area contributed by atoms with E-state index in [0.29, 0.717) is 6.04 Å². The highest BCUT2D eigenvalue weighted by Crippen LogP contribution is 2.30. The molecular formula is C14H21ClN2S. The highest BCUT2D eigenvalue weighted by molar-refractivity contribution is 7.99. The minimum Gasteiger partial charge on any atom is -0.370 e. The van der Waals surface area contributed by atoms with E-state index in [1.165, 1.54) is 29.2 Å². The smallest absolute Gasteiger partial charge is 0.0426 e. The lowest BCUT2D eigenvalue weighted by molar-refractivity contribution is 0.684. The van der Waals surface area contributed by atoms with E-state index in [4.69, 9.17) is 11.6 Å². The number of rotatable bonds is 5. The van der Waals surface area contributed by atoms with Gasteiger partial charge in [-0.15, -0.1) is 0 Å². The summed E-state index contributed by atoms with van der Waals surface area (Å²) in [6.45, 7) is 4.03. The molecule has 0 aliphatic carbocycles. The van der Waals surface area contributed by atoms with Crippen molar-refractivity contribution in [2.24, 2.45) is 0 Å². The van der Waals surface area contributed by atoms with Crippen molar-refractivity contribution in [3.63, 3.8) is 0 Å². The fourth-order valence-electron chi connectivity index (χ4n) is 2.30. The highest BCUT2D eigenvalue weighted by atomic mass is 35.5. The highest BCUT2D eigenvalue weighted by Gasteiger charge is 2.22. The Balaban J connectivity index is 2.19. The van der Waals surface area contributed by atoms with E-state index in [2.05, 4.69) is 36.3 Å². The molecular weight excluding hydrogens is 264 g/mol. The van der Waals surface area contributed by atoms with Crippen LogP contribution in [0.5, 0.6) is 0 Å². The summed E-state index contributed by atoms with van der Waals surface area (Å²) in [6.07, 6.45) is 1.27. The molecule has 0 amide bonds. The number of nitrogens with zero attached hydrogens (tertiary/aromatic N) is 1. The van der Waals surface area contributed by atoms with Crippen molar-refractivity contribution < 1.29 is 0 Å². The second kappa shape index (κ2) is 6.69. The summed E-state index contributed by atoms with van der Waals surface area (Å²) in [5, 5.41) is 4.22.